The molecular weight excluding hydrogens is 364 g/mol. The molecule has 0 unspecified atom stereocenters. The van der Waals surface area contributed by atoms with Crippen LogP contribution in [-0.2, 0) is 10.2 Å². The highest BCUT2D eigenvalue weighted by molar-refractivity contribution is 5.76. The molecule has 0 spiro atoms. The second-order valence-corrected chi connectivity index (χ2v) is 8.44. The number of nitrogens with zero attached hydrogens (tertiary/aromatic N) is 2. The molecule has 2 aromatic rings. The van der Waals surface area contributed by atoms with Crippen molar-refractivity contribution in [2.75, 3.05) is 44.8 Å². The second-order valence-electron chi connectivity index (χ2n) is 8.44. The van der Waals surface area contributed by atoms with Crippen molar-refractivity contribution >= 4 is 11.6 Å². The van der Waals surface area contributed by atoms with Gasteiger partial charge in [-0.05, 0) is 47.4 Å². The zero-order valence-corrected chi connectivity index (χ0v) is 18.0. The summed E-state index contributed by atoms with van der Waals surface area (Å²) in [5, 5.41) is 0. The molecule has 1 fully saturated rings. The fraction of sp³-hybridized carbons (Fsp3) is 0.458. The van der Waals surface area contributed by atoms with Gasteiger partial charge in [-0.1, -0.05) is 32.9 Å². The molecule has 0 atom stereocenters. The fourth-order valence-electron chi connectivity index (χ4n) is 3.47. The molecule has 0 saturated carbocycles. The molecule has 0 aliphatic carbocycles. The van der Waals surface area contributed by atoms with Crippen molar-refractivity contribution in [2.45, 2.75) is 32.6 Å². The largest absolute Gasteiger partial charge is 0.497 e. The number of carbonyl (C=O) groups is 1. The highest BCUT2D eigenvalue weighted by Gasteiger charge is 2.21. The summed E-state index contributed by atoms with van der Waals surface area (Å²) in [5.41, 5.74) is 2.57. The minimum atomic E-state index is 0.127. The van der Waals surface area contributed by atoms with Crippen LogP contribution in [0.4, 0.5) is 5.69 Å². The number of carbonyl (C=O) groups excluding carboxylic acids is 1. The normalized spacial score (nSPS) is 14.6. The highest BCUT2D eigenvalue weighted by atomic mass is 16.5. The quantitative estimate of drug-likeness (QED) is 0.737. The lowest BCUT2D eigenvalue weighted by atomic mass is 9.87. The third-order valence-corrected chi connectivity index (χ3v) is 5.37. The van der Waals surface area contributed by atoms with Gasteiger partial charge >= 0.3 is 0 Å². The van der Waals surface area contributed by atoms with E-state index in [1.807, 2.05) is 29.2 Å². The van der Waals surface area contributed by atoms with Crippen LogP contribution < -0.4 is 14.4 Å². The van der Waals surface area contributed by atoms with E-state index in [4.69, 9.17) is 9.47 Å². The van der Waals surface area contributed by atoms with Gasteiger partial charge in [0.15, 0.2) is 0 Å². The van der Waals surface area contributed by atoms with Crippen molar-refractivity contribution in [3.05, 3.63) is 54.1 Å². The molecule has 1 saturated heterocycles. The van der Waals surface area contributed by atoms with Gasteiger partial charge in [0.05, 0.1) is 20.1 Å². The van der Waals surface area contributed by atoms with Crippen molar-refractivity contribution < 1.29 is 14.3 Å². The summed E-state index contributed by atoms with van der Waals surface area (Å²) in [5.74, 6) is 1.83. The van der Waals surface area contributed by atoms with E-state index in [9.17, 15) is 4.79 Å². The number of benzene rings is 2. The summed E-state index contributed by atoms with van der Waals surface area (Å²) in [6, 6.07) is 16.2. The van der Waals surface area contributed by atoms with Crippen molar-refractivity contribution in [3.63, 3.8) is 0 Å². The molecule has 0 aromatic heterocycles. The molecule has 1 aliphatic heterocycles. The number of rotatable bonds is 6. The Morgan fingerprint density at radius 3 is 2.03 bits per heavy atom. The van der Waals surface area contributed by atoms with Crippen LogP contribution in [0.25, 0.3) is 0 Å². The van der Waals surface area contributed by atoms with Gasteiger partial charge in [0.1, 0.15) is 11.5 Å². The van der Waals surface area contributed by atoms with Gasteiger partial charge in [0.2, 0.25) is 5.91 Å². The number of methoxy groups -OCH3 is 1. The first kappa shape index (κ1) is 21.0. The molecular formula is C24H32N2O3. The summed E-state index contributed by atoms with van der Waals surface area (Å²) in [6.45, 7) is 10.1. The Hall–Kier alpha value is -2.69. The van der Waals surface area contributed by atoms with Gasteiger partial charge in [-0.3, -0.25) is 4.79 Å². The molecule has 5 heteroatoms. The Morgan fingerprint density at radius 2 is 1.48 bits per heavy atom. The highest BCUT2D eigenvalue weighted by Crippen LogP contribution is 2.24. The summed E-state index contributed by atoms with van der Waals surface area (Å²) >= 11 is 0. The Morgan fingerprint density at radius 1 is 0.897 bits per heavy atom. The van der Waals surface area contributed by atoms with E-state index in [-0.39, 0.29) is 11.3 Å². The van der Waals surface area contributed by atoms with E-state index in [0.717, 1.165) is 37.7 Å². The van der Waals surface area contributed by atoms with Gasteiger partial charge in [-0.25, -0.2) is 0 Å². The summed E-state index contributed by atoms with van der Waals surface area (Å²) in [4.78, 5) is 16.8. The number of hydrogen-bond donors (Lipinski definition) is 0. The first-order valence-corrected chi connectivity index (χ1v) is 10.3. The van der Waals surface area contributed by atoms with E-state index in [2.05, 4.69) is 49.9 Å². The average Bonchev–Trinajstić information content (AvgIpc) is 2.73. The van der Waals surface area contributed by atoms with E-state index in [1.165, 1.54) is 11.3 Å². The van der Waals surface area contributed by atoms with Gasteiger partial charge < -0.3 is 19.3 Å². The summed E-state index contributed by atoms with van der Waals surface area (Å²) < 4.78 is 11.0. The number of amides is 1. The standard InChI is InChI=1S/C24H32N2O3/c1-24(2,3)19-5-9-22(10-6-19)29-18-13-23(27)26-16-14-25(15-17-26)20-7-11-21(28-4)12-8-20/h5-12H,13-18H2,1-4H3. The molecule has 5 nitrogen and oxygen atoms in total. The Bertz CT molecular complexity index is 786. The van der Waals surface area contributed by atoms with Gasteiger partial charge in [-0.2, -0.15) is 0 Å². The lowest BCUT2D eigenvalue weighted by Gasteiger charge is -2.36. The smallest absolute Gasteiger partial charge is 0.226 e. The zero-order chi connectivity index (χ0) is 20.9. The Labute approximate surface area is 174 Å². The maximum atomic E-state index is 12.5. The number of ether oxygens (including phenoxy) is 2. The van der Waals surface area contributed by atoms with Gasteiger partial charge in [0, 0.05) is 31.9 Å². The maximum absolute atomic E-state index is 12.5. The lowest BCUT2D eigenvalue weighted by molar-refractivity contribution is -0.132. The average molecular weight is 397 g/mol. The molecule has 29 heavy (non-hydrogen) atoms. The maximum Gasteiger partial charge on any atom is 0.226 e. The van der Waals surface area contributed by atoms with Crippen LogP contribution >= 0.6 is 0 Å². The predicted octanol–water partition coefficient (Wildman–Crippen LogP) is 4.11. The minimum absolute atomic E-state index is 0.127. The Kier molecular flexibility index (Phi) is 6.68. The van der Waals surface area contributed by atoms with Crippen molar-refractivity contribution in [1.82, 2.24) is 4.90 Å². The SMILES string of the molecule is COc1ccc(N2CCN(C(=O)CCOc3ccc(C(C)(C)C)cc3)CC2)cc1. The van der Waals surface area contributed by atoms with Crippen molar-refractivity contribution in [2.24, 2.45) is 0 Å². The van der Waals surface area contributed by atoms with Gasteiger partial charge in [0.25, 0.3) is 0 Å². The third-order valence-electron chi connectivity index (χ3n) is 5.37. The number of piperazine rings is 1. The molecule has 0 N–H and O–H groups in total. The molecule has 1 amide bonds. The molecule has 3 rings (SSSR count). The molecule has 0 radical (unpaired) electrons. The van der Waals surface area contributed by atoms with Crippen LogP contribution in [0, 0.1) is 0 Å². The first-order valence-electron chi connectivity index (χ1n) is 10.3. The number of anilines is 1. The van der Waals surface area contributed by atoms with Crippen LogP contribution in [0.5, 0.6) is 11.5 Å². The topological polar surface area (TPSA) is 42.0 Å². The lowest BCUT2D eigenvalue weighted by Crippen LogP contribution is -2.49. The van der Waals surface area contributed by atoms with Crippen LogP contribution in [0.15, 0.2) is 48.5 Å². The van der Waals surface area contributed by atoms with Crippen molar-refractivity contribution in [3.8, 4) is 11.5 Å². The monoisotopic (exact) mass is 396 g/mol. The first-order chi connectivity index (χ1) is 13.9. The van der Waals surface area contributed by atoms with Crippen LogP contribution in [0.3, 0.4) is 0 Å². The van der Waals surface area contributed by atoms with E-state index < -0.39 is 0 Å². The van der Waals surface area contributed by atoms with Crippen LogP contribution in [0.2, 0.25) is 0 Å². The van der Waals surface area contributed by atoms with E-state index >= 15 is 0 Å². The number of hydrogen-bond acceptors (Lipinski definition) is 4. The summed E-state index contributed by atoms with van der Waals surface area (Å²) in [7, 11) is 1.67. The Balaban J connectivity index is 1.41. The fourth-order valence-corrected chi connectivity index (χ4v) is 3.47. The second kappa shape index (κ2) is 9.21. The zero-order valence-electron chi connectivity index (χ0n) is 18.0. The van der Waals surface area contributed by atoms with Crippen LogP contribution in [0.1, 0.15) is 32.8 Å². The molecule has 156 valence electrons. The molecule has 2 aromatic carbocycles. The van der Waals surface area contributed by atoms with Crippen LogP contribution in [-0.4, -0.2) is 50.7 Å². The van der Waals surface area contributed by atoms with E-state index in [0.29, 0.717) is 13.0 Å². The van der Waals surface area contributed by atoms with E-state index in [1.54, 1.807) is 7.11 Å². The molecule has 1 heterocycles. The minimum Gasteiger partial charge on any atom is -0.497 e. The van der Waals surface area contributed by atoms with Crippen molar-refractivity contribution in [1.29, 1.82) is 0 Å². The molecule has 0 bridgehead atoms. The third kappa shape index (κ3) is 5.66. The molecule has 1 aliphatic rings. The summed E-state index contributed by atoms with van der Waals surface area (Å²) in [6.07, 6.45) is 0.406. The predicted molar refractivity (Wildman–Crippen MR) is 117 cm³/mol. The van der Waals surface area contributed by atoms with Gasteiger partial charge in [-0.15, -0.1) is 0 Å².